The first-order valence-electron chi connectivity index (χ1n) is 5.04. The molecule has 0 amide bonds. The van der Waals surface area contributed by atoms with Gasteiger partial charge >= 0.3 is 5.97 Å². The summed E-state index contributed by atoms with van der Waals surface area (Å²) in [6, 6.07) is 3.54. The van der Waals surface area contributed by atoms with Gasteiger partial charge in [0.2, 0.25) is 0 Å². The molecule has 0 spiro atoms. The highest BCUT2D eigenvalue weighted by Gasteiger charge is 2.21. The number of hydrogen-bond donors (Lipinski definition) is 5. The molecule has 0 saturated carbocycles. The van der Waals surface area contributed by atoms with E-state index in [1.165, 1.54) is 12.1 Å². The quantitative estimate of drug-likeness (QED) is 0.484. The second-order valence-electron chi connectivity index (χ2n) is 3.65. The van der Waals surface area contributed by atoms with Crippen LogP contribution in [0.4, 0.5) is 0 Å². The minimum atomic E-state index is -1.35. The number of phenols is 1. The van der Waals surface area contributed by atoms with E-state index in [2.05, 4.69) is 5.32 Å². The van der Waals surface area contributed by atoms with Gasteiger partial charge in [0.15, 0.2) is 0 Å². The third-order valence-corrected chi connectivity index (χ3v) is 2.37. The number of carbonyl (C=O) groups is 1. The van der Waals surface area contributed by atoms with E-state index in [-0.39, 0.29) is 23.4 Å². The zero-order valence-corrected chi connectivity index (χ0v) is 9.29. The first kappa shape index (κ1) is 13.4. The number of hydrogen-bond acceptors (Lipinski definition) is 5. The van der Waals surface area contributed by atoms with Crippen LogP contribution in [0.3, 0.4) is 0 Å². The molecular formula is C11H15NO5. The van der Waals surface area contributed by atoms with Crippen molar-refractivity contribution < 1.29 is 25.2 Å². The Morgan fingerprint density at radius 2 is 2.06 bits per heavy atom. The lowest BCUT2D eigenvalue weighted by Gasteiger charge is -2.19. The molecule has 17 heavy (non-hydrogen) atoms. The van der Waals surface area contributed by atoms with Gasteiger partial charge in [-0.15, -0.1) is 0 Å². The lowest BCUT2D eigenvalue weighted by Crippen LogP contribution is -2.29. The number of aliphatic hydroxyl groups excluding tert-OH is 2. The summed E-state index contributed by atoms with van der Waals surface area (Å²) in [5, 5.41) is 40.3. The fourth-order valence-corrected chi connectivity index (χ4v) is 1.45. The number of aromatic carboxylic acids is 1. The molecule has 6 nitrogen and oxygen atoms in total. The van der Waals surface area contributed by atoms with Gasteiger partial charge in [-0.05, 0) is 25.2 Å². The molecule has 0 heterocycles. The van der Waals surface area contributed by atoms with Gasteiger partial charge in [-0.1, -0.05) is 0 Å². The maximum absolute atomic E-state index is 10.7. The second-order valence-corrected chi connectivity index (χ2v) is 3.65. The summed E-state index contributed by atoms with van der Waals surface area (Å²) < 4.78 is 0. The summed E-state index contributed by atoms with van der Waals surface area (Å²) in [6.45, 7) is 0.123. The molecule has 2 unspecified atom stereocenters. The number of aliphatic hydroxyl groups is 2. The third-order valence-electron chi connectivity index (χ3n) is 2.37. The molecule has 94 valence electrons. The number of nitrogens with one attached hydrogen (secondary N) is 1. The second kappa shape index (κ2) is 5.62. The Morgan fingerprint density at radius 3 is 2.59 bits per heavy atom. The molecule has 1 aromatic rings. The van der Waals surface area contributed by atoms with Crippen molar-refractivity contribution in [2.24, 2.45) is 0 Å². The molecule has 0 aliphatic carbocycles. The largest absolute Gasteiger partial charge is 0.508 e. The topological polar surface area (TPSA) is 110 Å². The zero-order chi connectivity index (χ0) is 13.0. The fourth-order valence-electron chi connectivity index (χ4n) is 1.45. The average Bonchev–Trinajstić information content (AvgIpc) is 2.28. The van der Waals surface area contributed by atoms with Gasteiger partial charge in [-0.25, -0.2) is 4.79 Å². The van der Waals surface area contributed by atoms with Gasteiger partial charge in [0.1, 0.15) is 11.9 Å². The number of benzene rings is 1. The van der Waals surface area contributed by atoms with Crippen LogP contribution in [0.5, 0.6) is 5.75 Å². The predicted molar refractivity (Wildman–Crippen MR) is 60.0 cm³/mol. The number of rotatable bonds is 5. The van der Waals surface area contributed by atoms with Crippen LogP contribution in [-0.2, 0) is 0 Å². The fraction of sp³-hybridized carbons (Fsp3) is 0.364. The van der Waals surface area contributed by atoms with Crippen molar-refractivity contribution in [3.8, 4) is 5.75 Å². The van der Waals surface area contributed by atoms with Crippen LogP contribution in [0.25, 0.3) is 0 Å². The Labute approximate surface area is 98.1 Å². The van der Waals surface area contributed by atoms with Crippen LogP contribution < -0.4 is 5.32 Å². The first-order valence-corrected chi connectivity index (χ1v) is 5.04. The Kier molecular flexibility index (Phi) is 4.45. The number of carboxylic acids is 1. The summed E-state index contributed by atoms with van der Waals surface area (Å²) in [7, 11) is 1.60. The summed E-state index contributed by atoms with van der Waals surface area (Å²) >= 11 is 0. The van der Waals surface area contributed by atoms with E-state index in [0.717, 1.165) is 6.07 Å². The number of carboxylic acid groups (broad SMARTS) is 1. The Hall–Kier alpha value is -1.63. The molecule has 0 bridgehead atoms. The monoisotopic (exact) mass is 241 g/mol. The Balaban J connectivity index is 3.03. The van der Waals surface area contributed by atoms with Gasteiger partial charge in [-0.3, -0.25) is 0 Å². The number of phenolic OH excluding ortho intramolecular Hbond substituents is 1. The van der Waals surface area contributed by atoms with Gasteiger partial charge < -0.3 is 25.7 Å². The van der Waals surface area contributed by atoms with Gasteiger partial charge in [0.25, 0.3) is 0 Å². The molecule has 6 heteroatoms. The van der Waals surface area contributed by atoms with Gasteiger partial charge in [0.05, 0.1) is 11.7 Å². The van der Waals surface area contributed by atoms with Crippen LogP contribution in [0.2, 0.25) is 0 Å². The first-order chi connectivity index (χ1) is 7.97. The van der Waals surface area contributed by atoms with Crippen molar-refractivity contribution >= 4 is 5.97 Å². The van der Waals surface area contributed by atoms with E-state index in [1.807, 2.05) is 0 Å². The van der Waals surface area contributed by atoms with Crippen LogP contribution in [0.15, 0.2) is 18.2 Å². The smallest absolute Gasteiger partial charge is 0.335 e. The summed E-state index contributed by atoms with van der Waals surface area (Å²) in [6.07, 6.45) is -2.48. The molecule has 1 aromatic carbocycles. The SMILES string of the molecule is CNCC(O)C(O)c1cc(C(=O)O)ccc1O. The summed E-state index contributed by atoms with van der Waals surface area (Å²) in [5.74, 6) is -1.42. The van der Waals surface area contributed by atoms with Crippen molar-refractivity contribution in [3.63, 3.8) is 0 Å². The highest BCUT2D eigenvalue weighted by Crippen LogP contribution is 2.27. The van der Waals surface area contributed by atoms with Crippen molar-refractivity contribution in [2.45, 2.75) is 12.2 Å². The van der Waals surface area contributed by atoms with Crippen LogP contribution >= 0.6 is 0 Å². The summed E-state index contributed by atoms with van der Waals surface area (Å²) in [4.78, 5) is 10.7. The number of aromatic hydroxyl groups is 1. The lowest BCUT2D eigenvalue weighted by atomic mass is 10.0. The van der Waals surface area contributed by atoms with E-state index >= 15 is 0 Å². The van der Waals surface area contributed by atoms with Crippen molar-refractivity contribution in [1.29, 1.82) is 0 Å². The highest BCUT2D eigenvalue weighted by molar-refractivity contribution is 5.88. The van der Waals surface area contributed by atoms with Crippen LogP contribution in [0, 0.1) is 0 Å². The molecule has 5 N–H and O–H groups in total. The van der Waals surface area contributed by atoms with E-state index in [0.29, 0.717) is 0 Å². The lowest BCUT2D eigenvalue weighted by molar-refractivity contribution is 0.0188. The molecule has 0 aromatic heterocycles. The Morgan fingerprint density at radius 1 is 1.41 bits per heavy atom. The van der Waals surface area contributed by atoms with Crippen LogP contribution in [0.1, 0.15) is 22.0 Å². The maximum atomic E-state index is 10.7. The van der Waals surface area contributed by atoms with Crippen molar-refractivity contribution in [3.05, 3.63) is 29.3 Å². The molecule has 0 aliphatic rings. The number of likely N-dealkylation sites (N-methyl/N-ethyl adjacent to an activating group) is 1. The third kappa shape index (κ3) is 3.16. The highest BCUT2D eigenvalue weighted by atomic mass is 16.4. The molecular weight excluding hydrogens is 226 g/mol. The standard InChI is InChI=1S/C11H15NO5/c1-12-5-9(14)10(15)7-4-6(11(16)17)2-3-8(7)13/h2-4,9-10,12-15H,5H2,1H3,(H,16,17). The zero-order valence-electron chi connectivity index (χ0n) is 9.29. The van der Waals surface area contributed by atoms with E-state index in [1.54, 1.807) is 7.05 Å². The predicted octanol–water partition coefficient (Wildman–Crippen LogP) is -0.296. The average molecular weight is 241 g/mol. The van der Waals surface area contributed by atoms with E-state index in [4.69, 9.17) is 5.11 Å². The minimum Gasteiger partial charge on any atom is -0.508 e. The normalized spacial score (nSPS) is 14.3. The molecule has 1 rings (SSSR count). The molecule has 0 saturated heterocycles. The molecule has 2 atom stereocenters. The van der Waals surface area contributed by atoms with E-state index in [9.17, 15) is 20.1 Å². The molecule has 0 aliphatic heterocycles. The molecule has 0 radical (unpaired) electrons. The molecule has 0 fully saturated rings. The van der Waals surface area contributed by atoms with Gasteiger partial charge in [-0.2, -0.15) is 0 Å². The van der Waals surface area contributed by atoms with Crippen LogP contribution in [-0.4, -0.2) is 46.1 Å². The van der Waals surface area contributed by atoms with Crippen molar-refractivity contribution in [2.75, 3.05) is 13.6 Å². The van der Waals surface area contributed by atoms with Crippen molar-refractivity contribution in [1.82, 2.24) is 5.32 Å². The Bertz CT molecular complexity index is 407. The maximum Gasteiger partial charge on any atom is 0.335 e. The van der Waals surface area contributed by atoms with Gasteiger partial charge in [0, 0.05) is 12.1 Å². The summed E-state index contributed by atoms with van der Waals surface area (Å²) in [5.41, 5.74) is -0.0684. The van der Waals surface area contributed by atoms with E-state index < -0.39 is 18.2 Å². The minimum absolute atomic E-state index is 0.00681.